The third-order valence-corrected chi connectivity index (χ3v) is 5.79. The van der Waals surface area contributed by atoms with Crippen LogP contribution in [-0.2, 0) is 23.2 Å². The largest absolute Gasteiger partial charge is 0.465 e. The summed E-state index contributed by atoms with van der Waals surface area (Å²) in [6.45, 7) is 10.1. The molecule has 4 heteroatoms. The molecule has 0 fully saturated rings. The third-order valence-electron chi connectivity index (χ3n) is 5.79. The Labute approximate surface area is 190 Å². The molecular weight excluding hydrogens is 396 g/mol. The van der Waals surface area contributed by atoms with E-state index in [1.807, 2.05) is 43.3 Å². The van der Waals surface area contributed by atoms with E-state index >= 15 is 0 Å². The quantitative estimate of drug-likeness (QED) is 0.362. The van der Waals surface area contributed by atoms with Crippen LogP contribution in [0.5, 0.6) is 0 Å². The second kappa shape index (κ2) is 8.99. The molecule has 0 bridgehead atoms. The number of carbonyl (C=O) groups is 1. The number of nitrogens with zero attached hydrogens (tertiary/aromatic N) is 2. The molecule has 164 valence electrons. The van der Waals surface area contributed by atoms with Gasteiger partial charge in [0.2, 0.25) is 0 Å². The predicted octanol–water partition coefficient (Wildman–Crippen LogP) is 6.20. The summed E-state index contributed by atoms with van der Waals surface area (Å²) in [5, 5.41) is 0. The molecule has 0 atom stereocenters. The highest BCUT2D eigenvalue weighted by Crippen LogP contribution is 2.32. The SMILES string of the molecule is CCOC(=NC(=O)c1ccc(C(C)(C)C)cc1)N1Cc2ccccc2-c2ccccc2C1. The highest BCUT2D eigenvalue weighted by molar-refractivity contribution is 6.01. The Kier molecular flexibility index (Phi) is 6.13. The van der Waals surface area contributed by atoms with Gasteiger partial charge in [-0.1, -0.05) is 81.4 Å². The van der Waals surface area contributed by atoms with E-state index in [0.717, 1.165) is 0 Å². The highest BCUT2D eigenvalue weighted by atomic mass is 16.5. The minimum absolute atomic E-state index is 0.0359. The van der Waals surface area contributed by atoms with Gasteiger partial charge < -0.3 is 9.64 Å². The number of fused-ring (bicyclic) bond motifs is 3. The number of carbonyl (C=O) groups excluding carboxylic acids is 1. The molecule has 0 saturated heterocycles. The second-order valence-electron chi connectivity index (χ2n) is 9.13. The Hall–Kier alpha value is -3.40. The molecule has 3 aromatic carbocycles. The number of hydrogen-bond donors (Lipinski definition) is 0. The Morgan fingerprint density at radius 3 is 1.91 bits per heavy atom. The minimum Gasteiger partial charge on any atom is -0.465 e. The maximum atomic E-state index is 13.0. The molecule has 0 aliphatic carbocycles. The number of amides is 1. The first kappa shape index (κ1) is 21.8. The zero-order valence-electron chi connectivity index (χ0n) is 19.3. The summed E-state index contributed by atoms with van der Waals surface area (Å²) in [5.41, 5.74) is 6.58. The summed E-state index contributed by atoms with van der Waals surface area (Å²) in [7, 11) is 0. The zero-order valence-corrected chi connectivity index (χ0v) is 19.3. The lowest BCUT2D eigenvalue weighted by Crippen LogP contribution is -2.32. The molecule has 1 aliphatic rings. The first-order valence-electron chi connectivity index (χ1n) is 11.1. The lowest BCUT2D eigenvalue weighted by molar-refractivity contribution is 0.0993. The van der Waals surface area contributed by atoms with Crippen LogP contribution in [0.4, 0.5) is 0 Å². The van der Waals surface area contributed by atoms with Crippen molar-refractivity contribution in [3.63, 3.8) is 0 Å². The van der Waals surface area contributed by atoms with Crippen molar-refractivity contribution >= 4 is 11.9 Å². The van der Waals surface area contributed by atoms with E-state index in [0.29, 0.717) is 31.3 Å². The summed E-state index contributed by atoms with van der Waals surface area (Å²) in [5.74, 6) is -0.292. The highest BCUT2D eigenvalue weighted by Gasteiger charge is 2.23. The van der Waals surface area contributed by atoms with Crippen LogP contribution in [0.15, 0.2) is 77.8 Å². The number of hydrogen-bond acceptors (Lipinski definition) is 2. The Morgan fingerprint density at radius 1 is 0.875 bits per heavy atom. The Balaban J connectivity index is 1.68. The molecule has 1 aliphatic heterocycles. The third kappa shape index (κ3) is 4.59. The van der Waals surface area contributed by atoms with Crippen LogP contribution < -0.4 is 0 Å². The van der Waals surface area contributed by atoms with Crippen molar-refractivity contribution in [1.82, 2.24) is 4.90 Å². The number of rotatable bonds is 2. The van der Waals surface area contributed by atoms with Crippen molar-refractivity contribution in [1.29, 1.82) is 0 Å². The summed E-state index contributed by atoms with van der Waals surface area (Å²) < 4.78 is 5.89. The lowest BCUT2D eigenvalue weighted by atomic mass is 9.87. The average molecular weight is 427 g/mol. The van der Waals surface area contributed by atoms with Gasteiger partial charge in [0.15, 0.2) is 0 Å². The average Bonchev–Trinajstić information content (AvgIpc) is 2.95. The van der Waals surface area contributed by atoms with E-state index in [4.69, 9.17) is 4.74 Å². The van der Waals surface area contributed by atoms with Gasteiger partial charge in [0.25, 0.3) is 11.9 Å². The molecule has 0 unspecified atom stereocenters. The summed E-state index contributed by atoms with van der Waals surface area (Å²) in [6.07, 6.45) is 0. The molecule has 4 rings (SSSR count). The molecule has 0 N–H and O–H groups in total. The van der Waals surface area contributed by atoms with Crippen molar-refractivity contribution in [2.24, 2.45) is 4.99 Å². The summed E-state index contributed by atoms with van der Waals surface area (Å²) >= 11 is 0. The number of amidine groups is 1. The van der Waals surface area contributed by atoms with Crippen LogP contribution in [0.1, 0.15) is 54.7 Å². The summed E-state index contributed by atoms with van der Waals surface area (Å²) in [6, 6.07) is 24.8. The molecule has 1 heterocycles. The van der Waals surface area contributed by atoms with Gasteiger partial charge in [-0.25, -0.2) is 0 Å². The van der Waals surface area contributed by atoms with E-state index in [9.17, 15) is 4.79 Å². The number of ether oxygens (including phenoxy) is 1. The molecule has 0 spiro atoms. The van der Waals surface area contributed by atoms with Gasteiger partial charge in [0.1, 0.15) is 0 Å². The lowest BCUT2D eigenvalue weighted by Gasteiger charge is -2.24. The van der Waals surface area contributed by atoms with Crippen molar-refractivity contribution < 1.29 is 9.53 Å². The molecule has 32 heavy (non-hydrogen) atoms. The maximum absolute atomic E-state index is 13.0. The van der Waals surface area contributed by atoms with Gasteiger partial charge in [-0.15, -0.1) is 0 Å². The minimum atomic E-state index is -0.292. The molecular formula is C28H30N2O2. The van der Waals surface area contributed by atoms with Gasteiger partial charge in [0.05, 0.1) is 6.61 Å². The normalized spacial score (nSPS) is 13.8. The van der Waals surface area contributed by atoms with Crippen molar-refractivity contribution in [3.05, 3.63) is 95.1 Å². The number of aliphatic imine (C=N–C) groups is 1. The maximum Gasteiger partial charge on any atom is 0.296 e. The van der Waals surface area contributed by atoms with Crippen LogP contribution in [-0.4, -0.2) is 23.4 Å². The molecule has 4 nitrogen and oxygen atoms in total. The molecule has 0 radical (unpaired) electrons. The Morgan fingerprint density at radius 2 is 1.41 bits per heavy atom. The van der Waals surface area contributed by atoms with Crippen LogP contribution in [0.3, 0.4) is 0 Å². The topological polar surface area (TPSA) is 41.9 Å². The van der Waals surface area contributed by atoms with E-state index in [2.05, 4.69) is 67.1 Å². The molecule has 0 aromatic heterocycles. The Bertz CT molecular complexity index is 1090. The fourth-order valence-electron chi connectivity index (χ4n) is 4.03. The fraction of sp³-hybridized carbons (Fsp3) is 0.286. The van der Waals surface area contributed by atoms with Crippen molar-refractivity contribution in [2.75, 3.05) is 6.61 Å². The first-order chi connectivity index (χ1) is 15.4. The van der Waals surface area contributed by atoms with E-state index < -0.39 is 0 Å². The van der Waals surface area contributed by atoms with Gasteiger partial charge in [-0.3, -0.25) is 4.79 Å². The van der Waals surface area contributed by atoms with Crippen molar-refractivity contribution in [3.8, 4) is 11.1 Å². The zero-order chi connectivity index (χ0) is 22.7. The van der Waals surface area contributed by atoms with Gasteiger partial charge in [-0.2, -0.15) is 4.99 Å². The van der Waals surface area contributed by atoms with Crippen LogP contribution >= 0.6 is 0 Å². The predicted molar refractivity (Wildman–Crippen MR) is 130 cm³/mol. The fourth-order valence-corrected chi connectivity index (χ4v) is 4.03. The van der Waals surface area contributed by atoms with Crippen LogP contribution in [0, 0.1) is 0 Å². The van der Waals surface area contributed by atoms with Gasteiger partial charge >= 0.3 is 0 Å². The van der Waals surface area contributed by atoms with Crippen LogP contribution in [0.25, 0.3) is 11.1 Å². The molecule has 0 saturated carbocycles. The van der Waals surface area contributed by atoms with E-state index in [1.165, 1.54) is 27.8 Å². The summed E-state index contributed by atoms with van der Waals surface area (Å²) in [4.78, 5) is 19.5. The smallest absolute Gasteiger partial charge is 0.296 e. The second-order valence-corrected chi connectivity index (χ2v) is 9.13. The van der Waals surface area contributed by atoms with Gasteiger partial charge in [0, 0.05) is 18.7 Å². The van der Waals surface area contributed by atoms with E-state index in [1.54, 1.807) is 0 Å². The molecule has 1 amide bonds. The number of benzene rings is 3. The first-order valence-corrected chi connectivity index (χ1v) is 11.1. The van der Waals surface area contributed by atoms with E-state index in [-0.39, 0.29) is 11.3 Å². The van der Waals surface area contributed by atoms with Crippen molar-refractivity contribution in [2.45, 2.75) is 46.2 Å². The monoisotopic (exact) mass is 426 g/mol. The van der Waals surface area contributed by atoms with Crippen LogP contribution in [0.2, 0.25) is 0 Å². The molecule has 3 aromatic rings. The standard InChI is InChI=1S/C28H30N2O2/c1-5-32-27(29-26(31)20-14-16-23(17-15-20)28(2,3)4)30-18-21-10-6-8-12-24(21)25-13-9-7-11-22(25)19-30/h6-17H,5,18-19H2,1-4H3. The van der Waals surface area contributed by atoms with Gasteiger partial charge in [-0.05, 0) is 52.3 Å².